The molecule has 2 aromatic carbocycles. The molecule has 1 aliphatic rings. The smallest absolute Gasteiger partial charge is 0.225 e. The van der Waals surface area contributed by atoms with Gasteiger partial charge < -0.3 is 20.3 Å². The lowest BCUT2D eigenvalue weighted by Gasteiger charge is -2.34. The largest absolute Gasteiger partial charge is 0.496 e. The van der Waals surface area contributed by atoms with Gasteiger partial charge in [-0.05, 0) is 49.2 Å². The molecule has 5 rings (SSSR count). The summed E-state index contributed by atoms with van der Waals surface area (Å²) in [5.74, 6) is 2.44. The summed E-state index contributed by atoms with van der Waals surface area (Å²) in [6, 6.07) is 20.7. The molecule has 0 aliphatic carbocycles. The van der Waals surface area contributed by atoms with E-state index in [4.69, 9.17) is 14.7 Å². The van der Waals surface area contributed by atoms with Gasteiger partial charge in [0.25, 0.3) is 0 Å². The molecule has 8 nitrogen and oxygen atoms in total. The minimum absolute atomic E-state index is 0.351. The molecular weight excluding hydrogens is 462 g/mol. The maximum atomic E-state index is 5.69. The highest BCUT2D eigenvalue weighted by molar-refractivity contribution is 5.90. The molecule has 4 aromatic rings. The Hall–Kier alpha value is -3.91. The maximum Gasteiger partial charge on any atom is 0.225 e. The van der Waals surface area contributed by atoms with Gasteiger partial charge in [-0.25, -0.2) is 4.98 Å². The van der Waals surface area contributed by atoms with Crippen LogP contribution in [0.3, 0.4) is 0 Å². The zero-order chi connectivity index (χ0) is 25.6. The summed E-state index contributed by atoms with van der Waals surface area (Å²) in [6.45, 7) is 3.48. The lowest BCUT2D eigenvalue weighted by molar-refractivity contribution is 0.209. The number of para-hydroxylation sites is 1. The van der Waals surface area contributed by atoms with E-state index in [2.05, 4.69) is 63.8 Å². The molecule has 0 unspecified atom stereocenters. The van der Waals surface area contributed by atoms with Crippen LogP contribution in [-0.4, -0.2) is 60.2 Å². The second-order valence-corrected chi connectivity index (χ2v) is 9.63. The van der Waals surface area contributed by atoms with Crippen LogP contribution in [0.5, 0.6) is 5.75 Å². The number of hydrogen-bond donors (Lipinski definition) is 2. The van der Waals surface area contributed by atoms with Crippen molar-refractivity contribution in [2.45, 2.75) is 32.0 Å². The second kappa shape index (κ2) is 11.4. The van der Waals surface area contributed by atoms with Crippen LogP contribution in [0.2, 0.25) is 0 Å². The predicted octanol–water partition coefficient (Wildman–Crippen LogP) is 4.79. The Morgan fingerprint density at radius 2 is 1.78 bits per heavy atom. The Balaban J connectivity index is 1.26. The van der Waals surface area contributed by atoms with Crippen LogP contribution in [0, 0.1) is 0 Å². The van der Waals surface area contributed by atoms with E-state index in [1.165, 1.54) is 11.3 Å². The van der Waals surface area contributed by atoms with Gasteiger partial charge in [0, 0.05) is 62.6 Å². The van der Waals surface area contributed by atoms with Crippen molar-refractivity contribution < 1.29 is 4.74 Å². The normalized spacial score (nSPS) is 14.5. The van der Waals surface area contributed by atoms with Crippen molar-refractivity contribution in [2.75, 3.05) is 49.8 Å². The third-order valence-corrected chi connectivity index (χ3v) is 6.88. The lowest BCUT2D eigenvalue weighted by Crippen LogP contribution is -2.39. The average Bonchev–Trinajstić information content (AvgIpc) is 2.93. The fourth-order valence-corrected chi connectivity index (χ4v) is 4.91. The van der Waals surface area contributed by atoms with Gasteiger partial charge in [0.1, 0.15) is 11.6 Å². The van der Waals surface area contributed by atoms with Crippen LogP contribution in [0.4, 0.5) is 17.5 Å². The number of ether oxygens (including phenoxy) is 1. The molecule has 0 saturated carbocycles. The highest BCUT2D eigenvalue weighted by Crippen LogP contribution is 2.31. The SMILES string of the molecule is COc1cccc(N(C)C)c1CN1CCC(Nc2nc(NCc3ccccn3)nc3ccccc23)CC1. The van der Waals surface area contributed by atoms with Gasteiger partial charge in [-0.3, -0.25) is 9.88 Å². The van der Waals surface area contributed by atoms with Crippen molar-refractivity contribution >= 4 is 28.4 Å². The summed E-state index contributed by atoms with van der Waals surface area (Å²) in [6.07, 6.45) is 3.88. The Bertz CT molecular complexity index is 1320. The minimum atomic E-state index is 0.351. The van der Waals surface area contributed by atoms with Crippen LogP contribution in [0.25, 0.3) is 10.9 Å². The van der Waals surface area contributed by atoms with Gasteiger partial charge >= 0.3 is 0 Å². The Morgan fingerprint density at radius 1 is 0.973 bits per heavy atom. The number of nitrogens with one attached hydrogen (secondary N) is 2. The summed E-state index contributed by atoms with van der Waals surface area (Å²) >= 11 is 0. The molecule has 0 bridgehead atoms. The van der Waals surface area contributed by atoms with Gasteiger partial charge in [0.2, 0.25) is 5.95 Å². The molecule has 8 heteroatoms. The minimum Gasteiger partial charge on any atom is -0.496 e. The summed E-state index contributed by atoms with van der Waals surface area (Å²) in [4.78, 5) is 18.6. The highest BCUT2D eigenvalue weighted by Gasteiger charge is 2.23. The summed E-state index contributed by atoms with van der Waals surface area (Å²) in [5, 5.41) is 8.11. The van der Waals surface area contributed by atoms with E-state index in [9.17, 15) is 0 Å². The van der Waals surface area contributed by atoms with Crippen molar-refractivity contribution in [3.05, 3.63) is 78.1 Å². The van der Waals surface area contributed by atoms with E-state index in [0.29, 0.717) is 18.5 Å². The lowest BCUT2D eigenvalue weighted by atomic mass is 10.0. The van der Waals surface area contributed by atoms with Crippen molar-refractivity contribution in [1.29, 1.82) is 0 Å². The number of likely N-dealkylation sites (tertiary alicyclic amines) is 1. The summed E-state index contributed by atoms with van der Waals surface area (Å²) in [7, 11) is 5.92. The number of piperidine rings is 1. The van der Waals surface area contributed by atoms with E-state index in [1.54, 1.807) is 13.3 Å². The third-order valence-electron chi connectivity index (χ3n) is 6.88. The molecule has 2 aromatic heterocycles. The monoisotopic (exact) mass is 497 g/mol. The van der Waals surface area contributed by atoms with E-state index >= 15 is 0 Å². The number of benzene rings is 2. The Kier molecular flexibility index (Phi) is 7.65. The van der Waals surface area contributed by atoms with Crippen molar-refractivity contribution in [3.8, 4) is 5.75 Å². The van der Waals surface area contributed by atoms with Gasteiger partial charge in [-0.2, -0.15) is 4.98 Å². The second-order valence-electron chi connectivity index (χ2n) is 9.63. The van der Waals surface area contributed by atoms with E-state index in [0.717, 1.165) is 60.6 Å². The van der Waals surface area contributed by atoms with Crippen molar-refractivity contribution in [2.24, 2.45) is 0 Å². The first kappa shape index (κ1) is 24.8. The quantitative estimate of drug-likeness (QED) is 0.342. The van der Waals surface area contributed by atoms with E-state index in [-0.39, 0.29) is 0 Å². The van der Waals surface area contributed by atoms with E-state index in [1.807, 2.05) is 36.4 Å². The molecule has 0 spiro atoms. The molecule has 1 fully saturated rings. The van der Waals surface area contributed by atoms with Crippen LogP contribution < -0.4 is 20.3 Å². The maximum absolute atomic E-state index is 5.69. The first-order chi connectivity index (χ1) is 18.1. The molecule has 2 N–H and O–H groups in total. The van der Waals surface area contributed by atoms with Crippen molar-refractivity contribution in [1.82, 2.24) is 19.9 Å². The molecule has 0 radical (unpaired) electrons. The number of aromatic nitrogens is 3. The number of fused-ring (bicyclic) bond motifs is 1. The van der Waals surface area contributed by atoms with Gasteiger partial charge in [-0.15, -0.1) is 0 Å². The fraction of sp³-hybridized carbons (Fsp3) is 0.345. The van der Waals surface area contributed by atoms with E-state index < -0.39 is 0 Å². The zero-order valence-corrected chi connectivity index (χ0v) is 21.8. The zero-order valence-electron chi connectivity index (χ0n) is 21.8. The van der Waals surface area contributed by atoms with Gasteiger partial charge in [0.15, 0.2) is 0 Å². The molecule has 0 atom stereocenters. The Morgan fingerprint density at radius 3 is 2.54 bits per heavy atom. The molecule has 37 heavy (non-hydrogen) atoms. The number of rotatable bonds is 9. The molecular formula is C29H35N7O. The number of methoxy groups -OCH3 is 1. The van der Waals surface area contributed by atoms with Gasteiger partial charge in [-0.1, -0.05) is 24.3 Å². The molecule has 3 heterocycles. The first-order valence-corrected chi connectivity index (χ1v) is 12.8. The third kappa shape index (κ3) is 5.91. The molecule has 192 valence electrons. The Labute approximate surface area is 218 Å². The highest BCUT2D eigenvalue weighted by atomic mass is 16.5. The standard InChI is InChI=1S/C29H35N7O/c1-35(2)26-12-8-13-27(37-3)24(26)20-36-17-14-21(15-18-36)32-28-23-10-4-5-11-25(23)33-29(34-28)31-19-22-9-6-7-16-30-22/h4-13,16,21H,14-15,17-20H2,1-3H3,(H2,31,32,33,34). The number of hydrogen-bond acceptors (Lipinski definition) is 8. The van der Waals surface area contributed by atoms with Crippen LogP contribution in [0.15, 0.2) is 66.9 Å². The van der Waals surface area contributed by atoms with Crippen LogP contribution in [-0.2, 0) is 13.1 Å². The first-order valence-electron chi connectivity index (χ1n) is 12.8. The molecule has 1 aliphatic heterocycles. The van der Waals surface area contributed by atoms with Crippen molar-refractivity contribution in [3.63, 3.8) is 0 Å². The number of pyridine rings is 1. The topological polar surface area (TPSA) is 78.4 Å². The molecule has 1 saturated heterocycles. The van der Waals surface area contributed by atoms with Crippen LogP contribution in [0.1, 0.15) is 24.1 Å². The van der Waals surface area contributed by atoms with Gasteiger partial charge in [0.05, 0.1) is 24.9 Å². The summed E-state index contributed by atoms with van der Waals surface area (Å²) in [5.41, 5.74) is 4.33. The number of nitrogens with zero attached hydrogens (tertiary/aromatic N) is 5. The molecule has 0 amide bonds. The number of anilines is 3. The average molecular weight is 498 g/mol. The fourth-order valence-electron chi connectivity index (χ4n) is 4.91. The predicted molar refractivity (Wildman–Crippen MR) is 150 cm³/mol. The summed E-state index contributed by atoms with van der Waals surface area (Å²) < 4.78 is 5.69. The van der Waals surface area contributed by atoms with Crippen LogP contribution >= 0.6 is 0 Å².